The van der Waals surface area contributed by atoms with Gasteiger partial charge in [0.2, 0.25) is 0 Å². The van der Waals surface area contributed by atoms with Gasteiger partial charge in [-0.05, 0) is 13.0 Å². The minimum Gasteiger partial charge on any atom is -0.478 e. The second-order valence-electron chi connectivity index (χ2n) is 4.58. The molecule has 1 aliphatic heterocycles. The molecule has 7 heteroatoms. The highest BCUT2D eigenvalue weighted by atomic mass is 16.5. The fraction of sp³-hybridized carbons (Fsp3) is 0.500. The van der Waals surface area contributed by atoms with Crippen LogP contribution in [0.2, 0.25) is 0 Å². The van der Waals surface area contributed by atoms with Crippen LogP contribution >= 0.6 is 0 Å². The van der Waals surface area contributed by atoms with Crippen LogP contribution in [0.3, 0.4) is 0 Å². The molecule has 104 valence electrons. The molecule has 2 atom stereocenters. The highest BCUT2D eigenvalue weighted by Gasteiger charge is 2.29. The summed E-state index contributed by atoms with van der Waals surface area (Å²) in [6.07, 6.45) is 1.09. The Morgan fingerprint density at radius 2 is 2.42 bits per heavy atom. The SMILES string of the molecule is CC1COC(CO)CN1c1ncc(N)cc1C(=O)O. The van der Waals surface area contributed by atoms with Gasteiger partial charge in [-0.15, -0.1) is 0 Å². The topological polar surface area (TPSA) is 109 Å². The normalized spacial score (nSPS) is 23.4. The van der Waals surface area contributed by atoms with Gasteiger partial charge in [-0.3, -0.25) is 0 Å². The number of carbonyl (C=O) groups is 1. The van der Waals surface area contributed by atoms with E-state index in [1.165, 1.54) is 12.3 Å². The lowest BCUT2D eigenvalue weighted by molar-refractivity contribution is -0.0106. The number of ether oxygens (including phenoxy) is 1. The molecule has 0 aliphatic carbocycles. The average molecular weight is 267 g/mol. The molecule has 4 N–H and O–H groups in total. The maximum absolute atomic E-state index is 11.3. The van der Waals surface area contributed by atoms with E-state index in [9.17, 15) is 9.90 Å². The van der Waals surface area contributed by atoms with Crippen molar-refractivity contribution in [3.8, 4) is 0 Å². The fourth-order valence-electron chi connectivity index (χ4n) is 2.08. The molecule has 2 heterocycles. The van der Waals surface area contributed by atoms with Gasteiger partial charge in [0, 0.05) is 6.54 Å². The third-order valence-corrected chi connectivity index (χ3v) is 3.10. The first-order valence-electron chi connectivity index (χ1n) is 6.00. The molecule has 0 amide bonds. The van der Waals surface area contributed by atoms with Crippen molar-refractivity contribution < 1.29 is 19.7 Å². The number of morpholine rings is 1. The molecule has 2 unspecified atom stereocenters. The molecule has 0 bridgehead atoms. The number of hydrogen-bond acceptors (Lipinski definition) is 6. The number of rotatable bonds is 3. The summed E-state index contributed by atoms with van der Waals surface area (Å²) in [5.41, 5.74) is 5.94. The Morgan fingerprint density at radius 1 is 1.68 bits per heavy atom. The average Bonchev–Trinajstić information content (AvgIpc) is 2.39. The molecule has 0 saturated carbocycles. The molecule has 2 rings (SSSR count). The number of nitrogens with two attached hydrogens (primary N) is 1. The number of aromatic carboxylic acids is 1. The highest BCUT2D eigenvalue weighted by Crippen LogP contribution is 2.25. The lowest BCUT2D eigenvalue weighted by atomic mass is 10.1. The number of pyridine rings is 1. The van der Waals surface area contributed by atoms with Crippen molar-refractivity contribution in [2.75, 3.05) is 30.4 Å². The van der Waals surface area contributed by atoms with Crippen LogP contribution in [0.15, 0.2) is 12.3 Å². The largest absolute Gasteiger partial charge is 0.478 e. The first-order valence-corrected chi connectivity index (χ1v) is 6.00. The van der Waals surface area contributed by atoms with E-state index in [2.05, 4.69) is 4.98 Å². The van der Waals surface area contributed by atoms with Gasteiger partial charge in [0.05, 0.1) is 37.2 Å². The Kier molecular flexibility index (Phi) is 3.87. The molecular formula is C12H17N3O4. The van der Waals surface area contributed by atoms with E-state index in [-0.39, 0.29) is 24.3 Å². The van der Waals surface area contributed by atoms with Crippen molar-refractivity contribution in [1.82, 2.24) is 4.98 Å². The summed E-state index contributed by atoms with van der Waals surface area (Å²) >= 11 is 0. The van der Waals surface area contributed by atoms with Gasteiger partial charge in [0.15, 0.2) is 0 Å². The maximum Gasteiger partial charge on any atom is 0.339 e. The van der Waals surface area contributed by atoms with Gasteiger partial charge >= 0.3 is 5.97 Å². The summed E-state index contributed by atoms with van der Waals surface area (Å²) in [7, 11) is 0. The monoisotopic (exact) mass is 267 g/mol. The third-order valence-electron chi connectivity index (χ3n) is 3.10. The molecule has 1 fully saturated rings. The van der Waals surface area contributed by atoms with Crippen LogP contribution in [0.4, 0.5) is 11.5 Å². The molecule has 0 spiro atoms. The Labute approximate surface area is 110 Å². The highest BCUT2D eigenvalue weighted by molar-refractivity contribution is 5.94. The molecule has 0 radical (unpaired) electrons. The van der Waals surface area contributed by atoms with Crippen LogP contribution in [-0.4, -0.2) is 53.1 Å². The Morgan fingerprint density at radius 3 is 3.05 bits per heavy atom. The van der Waals surface area contributed by atoms with Crippen molar-refractivity contribution in [2.24, 2.45) is 0 Å². The predicted octanol–water partition coefficient (Wildman–Crippen LogP) is -0.0520. The second kappa shape index (κ2) is 5.41. The van der Waals surface area contributed by atoms with E-state index in [0.717, 1.165) is 0 Å². The van der Waals surface area contributed by atoms with Gasteiger partial charge in [0.25, 0.3) is 0 Å². The number of nitrogens with zero attached hydrogens (tertiary/aromatic N) is 2. The molecule has 0 aromatic carbocycles. The minimum atomic E-state index is -1.07. The van der Waals surface area contributed by atoms with Gasteiger partial charge in [0.1, 0.15) is 11.4 Å². The van der Waals surface area contributed by atoms with E-state index < -0.39 is 5.97 Å². The maximum atomic E-state index is 11.3. The number of aliphatic hydroxyl groups is 1. The number of aromatic nitrogens is 1. The summed E-state index contributed by atoms with van der Waals surface area (Å²) < 4.78 is 5.42. The van der Waals surface area contributed by atoms with E-state index in [0.29, 0.717) is 24.7 Å². The summed E-state index contributed by atoms with van der Waals surface area (Å²) in [6.45, 7) is 2.61. The zero-order chi connectivity index (χ0) is 14.0. The van der Waals surface area contributed by atoms with Crippen molar-refractivity contribution in [3.63, 3.8) is 0 Å². The van der Waals surface area contributed by atoms with E-state index in [4.69, 9.17) is 15.6 Å². The van der Waals surface area contributed by atoms with Crippen molar-refractivity contribution in [3.05, 3.63) is 17.8 Å². The van der Waals surface area contributed by atoms with Crippen LogP contribution in [-0.2, 0) is 4.74 Å². The molecule has 1 aromatic rings. The number of nitrogen functional groups attached to an aromatic ring is 1. The second-order valence-corrected chi connectivity index (χ2v) is 4.58. The van der Waals surface area contributed by atoms with Crippen LogP contribution in [0.1, 0.15) is 17.3 Å². The van der Waals surface area contributed by atoms with Gasteiger partial charge in [-0.1, -0.05) is 0 Å². The smallest absolute Gasteiger partial charge is 0.339 e. The molecule has 1 saturated heterocycles. The number of carboxylic acid groups (broad SMARTS) is 1. The van der Waals surface area contributed by atoms with Crippen LogP contribution in [0.5, 0.6) is 0 Å². The van der Waals surface area contributed by atoms with Crippen molar-refractivity contribution >= 4 is 17.5 Å². The minimum absolute atomic E-state index is 0.0166. The van der Waals surface area contributed by atoms with Crippen LogP contribution < -0.4 is 10.6 Å². The molecule has 1 aliphatic rings. The van der Waals surface area contributed by atoms with Crippen LogP contribution in [0.25, 0.3) is 0 Å². The Bertz CT molecular complexity index is 480. The standard InChI is InChI=1S/C12H17N3O4/c1-7-6-19-9(5-16)4-15(7)11-10(12(17)18)2-8(13)3-14-11/h2-3,7,9,16H,4-6,13H2,1H3,(H,17,18). The number of anilines is 2. The van der Waals surface area contributed by atoms with E-state index >= 15 is 0 Å². The van der Waals surface area contributed by atoms with Gasteiger partial charge in [-0.25, -0.2) is 9.78 Å². The van der Waals surface area contributed by atoms with Crippen LogP contribution in [0, 0.1) is 0 Å². The molecular weight excluding hydrogens is 250 g/mol. The van der Waals surface area contributed by atoms with Gasteiger partial charge < -0.3 is 25.6 Å². The number of aliphatic hydroxyl groups excluding tert-OH is 1. The van der Waals surface area contributed by atoms with E-state index in [1.54, 1.807) is 0 Å². The zero-order valence-corrected chi connectivity index (χ0v) is 10.6. The predicted molar refractivity (Wildman–Crippen MR) is 69.2 cm³/mol. The summed E-state index contributed by atoms with van der Waals surface area (Å²) in [5, 5.41) is 18.4. The Balaban J connectivity index is 2.36. The third kappa shape index (κ3) is 2.77. The number of carboxylic acids is 1. The lowest BCUT2D eigenvalue weighted by Crippen LogP contribution is -2.50. The fourth-order valence-corrected chi connectivity index (χ4v) is 2.08. The summed E-state index contributed by atoms with van der Waals surface area (Å²) in [5.74, 6) is -0.718. The van der Waals surface area contributed by atoms with E-state index in [1.807, 2.05) is 11.8 Å². The van der Waals surface area contributed by atoms with Gasteiger partial charge in [-0.2, -0.15) is 0 Å². The quantitative estimate of drug-likeness (QED) is 0.704. The lowest BCUT2D eigenvalue weighted by Gasteiger charge is -2.38. The van der Waals surface area contributed by atoms with Crippen molar-refractivity contribution in [1.29, 1.82) is 0 Å². The summed E-state index contributed by atoms with van der Waals surface area (Å²) in [6, 6.07) is 1.37. The number of hydrogen-bond donors (Lipinski definition) is 3. The summed E-state index contributed by atoms with van der Waals surface area (Å²) in [4.78, 5) is 17.2. The first-order chi connectivity index (χ1) is 9.02. The Hall–Kier alpha value is -1.86. The molecule has 7 nitrogen and oxygen atoms in total. The first kappa shape index (κ1) is 13.6. The zero-order valence-electron chi connectivity index (χ0n) is 10.6. The van der Waals surface area contributed by atoms with Crippen molar-refractivity contribution in [2.45, 2.75) is 19.1 Å². The molecule has 1 aromatic heterocycles. The molecule has 19 heavy (non-hydrogen) atoms.